The van der Waals surface area contributed by atoms with Crippen molar-refractivity contribution in [3.8, 4) is 5.75 Å². The van der Waals surface area contributed by atoms with Gasteiger partial charge in [0.1, 0.15) is 11.3 Å². The summed E-state index contributed by atoms with van der Waals surface area (Å²) in [5.41, 5.74) is 2.21. The average molecular weight is 402 g/mol. The second-order valence-corrected chi connectivity index (χ2v) is 7.91. The van der Waals surface area contributed by atoms with Crippen molar-refractivity contribution in [3.63, 3.8) is 0 Å². The summed E-state index contributed by atoms with van der Waals surface area (Å²) in [6, 6.07) is 7.67. The molecule has 7 nitrogen and oxygen atoms in total. The highest BCUT2D eigenvalue weighted by atomic mass is 32.1. The largest absolute Gasteiger partial charge is 0.494 e. The molecule has 2 heterocycles. The third-order valence-electron chi connectivity index (χ3n) is 4.55. The van der Waals surface area contributed by atoms with E-state index in [-0.39, 0.29) is 5.91 Å². The zero-order valence-electron chi connectivity index (χ0n) is 17.1. The summed E-state index contributed by atoms with van der Waals surface area (Å²) < 4.78 is 8.27. The molecule has 0 atom stereocenters. The van der Waals surface area contributed by atoms with Gasteiger partial charge in [0.05, 0.1) is 11.8 Å². The monoisotopic (exact) mass is 401 g/mol. The van der Waals surface area contributed by atoms with Crippen molar-refractivity contribution in [2.75, 3.05) is 39.2 Å². The summed E-state index contributed by atoms with van der Waals surface area (Å²) >= 11 is 1.50. The maximum atomic E-state index is 13.3. The molecule has 0 aliphatic heterocycles. The predicted octanol–water partition coefficient (Wildman–Crippen LogP) is 3.43. The first kappa shape index (κ1) is 20.3. The van der Waals surface area contributed by atoms with Crippen LogP contribution in [0.5, 0.6) is 5.75 Å². The number of nitrogens with zero attached hydrogens (tertiary/aromatic N) is 5. The van der Waals surface area contributed by atoms with E-state index in [0.29, 0.717) is 23.1 Å². The summed E-state index contributed by atoms with van der Waals surface area (Å²) in [4.78, 5) is 21.9. The van der Waals surface area contributed by atoms with Crippen LogP contribution in [0.25, 0.3) is 10.2 Å². The van der Waals surface area contributed by atoms with E-state index < -0.39 is 0 Å². The van der Waals surface area contributed by atoms with Crippen molar-refractivity contribution >= 4 is 32.6 Å². The standard InChI is InChI=1S/C20H27N5O2S/c1-6-25-14(2)13-15(22-25)19(26)24(12-8-11-23(3)4)20-21-18-16(27-5)9-7-10-17(18)28-20/h7,9-10,13H,6,8,11-12H2,1-5H3. The van der Waals surface area contributed by atoms with Gasteiger partial charge in [0.25, 0.3) is 5.91 Å². The van der Waals surface area contributed by atoms with Gasteiger partial charge in [-0.1, -0.05) is 17.4 Å². The second-order valence-electron chi connectivity index (χ2n) is 6.90. The van der Waals surface area contributed by atoms with Crippen LogP contribution < -0.4 is 9.64 Å². The highest BCUT2D eigenvalue weighted by molar-refractivity contribution is 7.22. The number of hydrogen-bond donors (Lipinski definition) is 0. The van der Waals surface area contributed by atoms with Gasteiger partial charge in [0, 0.05) is 18.8 Å². The molecule has 0 saturated carbocycles. The Morgan fingerprint density at radius 3 is 2.71 bits per heavy atom. The predicted molar refractivity (Wildman–Crippen MR) is 114 cm³/mol. The van der Waals surface area contributed by atoms with E-state index in [1.807, 2.05) is 56.9 Å². The molecule has 0 aliphatic carbocycles. The molecular formula is C20H27N5O2S. The fourth-order valence-corrected chi connectivity index (χ4v) is 4.10. The first-order valence-electron chi connectivity index (χ1n) is 9.39. The van der Waals surface area contributed by atoms with Crippen molar-refractivity contribution in [2.45, 2.75) is 26.8 Å². The number of thiazole rings is 1. The minimum absolute atomic E-state index is 0.118. The molecule has 0 saturated heterocycles. The zero-order chi connectivity index (χ0) is 20.3. The summed E-state index contributed by atoms with van der Waals surface area (Å²) in [6.45, 7) is 6.19. The molecule has 0 radical (unpaired) electrons. The number of aromatic nitrogens is 3. The van der Waals surface area contributed by atoms with Gasteiger partial charge in [0.15, 0.2) is 10.8 Å². The zero-order valence-corrected chi connectivity index (χ0v) is 17.9. The van der Waals surface area contributed by atoms with E-state index in [9.17, 15) is 4.79 Å². The Morgan fingerprint density at radius 2 is 2.07 bits per heavy atom. The molecule has 0 N–H and O–H groups in total. The Morgan fingerprint density at radius 1 is 1.29 bits per heavy atom. The molecule has 1 aromatic carbocycles. The van der Waals surface area contributed by atoms with Crippen molar-refractivity contribution in [2.24, 2.45) is 0 Å². The van der Waals surface area contributed by atoms with Gasteiger partial charge >= 0.3 is 0 Å². The van der Waals surface area contributed by atoms with Crippen LogP contribution in [0.4, 0.5) is 5.13 Å². The van der Waals surface area contributed by atoms with Gasteiger partial charge in [-0.05, 0) is 59.1 Å². The number of fused-ring (bicyclic) bond motifs is 1. The number of carbonyl (C=O) groups excluding carboxylic acids is 1. The summed E-state index contributed by atoms with van der Waals surface area (Å²) in [5.74, 6) is 0.596. The summed E-state index contributed by atoms with van der Waals surface area (Å²) in [7, 11) is 5.69. The summed E-state index contributed by atoms with van der Waals surface area (Å²) in [5, 5.41) is 5.15. The number of ether oxygens (including phenoxy) is 1. The second kappa shape index (κ2) is 8.70. The highest BCUT2D eigenvalue weighted by Crippen LogP contribution is 2.34. The minimum Gasteiger partial charge on any atom is -0.494 e. The Labute approximate surface area is 169 Å². The molecule has 0 bridgehead atoms. The Hall–Kier alpha value is -2.45. The van der Waals surface area contributed by atoms with E-state index in [1.54, 1.807) is 12.0 Å². The molecule has 1 amide bonds. The third kappa shape index (κ3) is 4.18. The van der Waals surface area contributed by atoms with E-state index >= 15 is 0 Å². The number of rotatable bonds is 8. The number of carbonyl (C=O) groups is 1. The number of amides is 1. The molecule has 150 valence electrons. The summed E-state index contributed by atoms with van der Waals surface area (Å²) in [6.07, 6.45) is 0.846. The Balaban J connectivity index is 1.97. The fourth-order valence-electron chi connectivity index (χ4n) is 3.09. The highest BCUT2D eigenvalue weighted by Gasteiger charge is 2.24. The van der Waals surface area contributed by atoms with Crippen LogP contribution in [0, 0.1) is 6.92 Å². The smallest absolute Gasteiger partial charge is 0.280 e. The van der Waals surface area contributed by atoms with Gasteiger partial charge in [-0.25, -0.2) is 4.98 Å². The average Bonchev–Trinajstić information content (AvgIpc) is 3.27. The molecule has 0 spiro atoms. The first-order valence-corrected chi connectivity index (χ1v) is 10.2. The number of methoxy groups -OCH3 is 1. The molecule has 28 heavy (non-hydrogen) atoms. The molecule has 0 aliphatic rings. The Bertz CT molecular complexity index is 963. The minimum atomic E-state index is -0.118. The topological polar surface area (TPSA) is 63.5 Å². The number of para-hydroxylation sites is 1. The van der Waals surface area contributed by atoms with E-state index in [1.165, 1.54) is 11.3 Å². The van der Waals surface area contributed by atoms with Crippen molar-refractivity contribution in [3.05, 3.63) is 35.7 Å². The van der Waals surface area contributed by atoms with Gasteiger partial charge in [0.2, 0.25) is 0 Å². The lowest BCUT2D eigenvalue weighted by molar-refractivity contribution is 0.0980. The van der Waals surface area contributed by atoms with E-state index in [2.05, 4.69) is 10.00 Å². The van der Waals surface area contributed by atoms with Gasteiger partial charge < -0.3 is 9.64 Å². The molecule has 3 rings (SSSR count). The maximum Gasteiger partial charge on any atom is 0.280 e. The lowest BCUT2D eigenvalue weighted by Crippen LogP contribution is -2.33. The number of hydrogen-bond acceptors (Lipinski definition) is 6. The fraction of sp³-hybridized carbons (Fsp3) is 0.450. The molecule has 0 fully saturated rings. The molecule has 3 aromatic rings. The number of aryl methyl sites for hydroxylation is 2. The van der Waals surface area contributed by atoms with Crippen molar-refractivity contribution in [1.82, 2.24) is 19.7 Å². The normalized spacial score (nSPS) is 11.4. The van der Waals surface area contributed by atoms with Crippen LogP contribution in [-0.2, 0) is 6.54 Å². The lowest BCUT2D eigenvalue weighted by Gasteiger charge is -2.20. The quantitative estimate of drug-likeness (QED) is 0.579. The van der Waals surface area contributed by atoms with Crippen molar-refractivity contribution in [1.29, 1.82) is 0 Å². The third-order valence-corrected chi connectivity index (χ3v) is 5.60. The van der Waals surface area contributed by atoms with Crippen LogP contribution in [0.1, 0.15) is 29.5 Å². The van der Waals surface area contributed by atoms with Crippen LogP contribution >= 0.6 is 11.3 Å². The van der Waals surface area contributed by atoms with Crippen LogP contribution in [0.2, 0.25) is 0 Å². The van der Waals surface area contributed by atoms with Crippen LogP contribution in [0.15, 0.2) is 24.3 Å². The first-order chi connectivity index (χ1) is 13.4. The SMILES string of the molecule is CCn1nc(C(=O)N(CCCN(C)C)c2nc3c(OC)cccc3s2)cc1C. The van der Waals surface area contributed by atoms with E-state index in [0.717, 1.165) is 35.4 Å². The van der Waals surface area contributed by atoms with Crippen molar-refractivity contribution < 1.29 is 9.53 Å². The Kier molecular flexibility index (Phi) is 6.31. The number of benzene rings is 1. The van der Waals surface area contributed by atoms with Gasteiger partial charge in [-0.3, -0.25) is 14.4 Å². The number of anilines is 1. The molecule has 8 heteroatoms. The molecule has 2 aromatic heterocycles. The maximum absolute atomic E-state index is 13.3. The van der Waals surface area contributed by atoms with Crippen LogP contribution in [-0.4, -0.2) is 59.9 Å². The molecule has 0 unspecified atom stereocenters. The van der Waals surface area contributed by atoms with Gasteiger partial charge in [-0.15, -0.1) is 0 Å². The van der Waals surface area contributed by atoms with Crippen LogP contribution in [0.3, 0.4) is 0 Å². The lowest BCUT2D eigenvalue weighted by atomic mass is 10.3. The van der Waals surface area contributed by atoms with E-state index in [4.69, 9.17) is 9.72 Å². The molecular weight excluding hydrogens is 374 g/mol. The van der Waals surface area contributed by atoms with Gasteiger partial charge in [-0.2, -0.15) is 5.10 Å².